The molecule has 72 valence electrons. The molecule has 0 radical (unpaired) electrons. The molecular formula is C8H11FN2O2. The lowest BCUT2D eigenvalue weighted by Gasteiger charge is -2.06. The van der Waals surface area contributed by atoms with Gasteiger partial charge in [0.25, 0.3) is 5.89 Å². The van der Waals surface area contributed by atoms with E-state index in [4.69, 9.17) is 4.42 Å². The first-order valence-electron chi connectivity index (χ1n) is 3.92. The summed E-state index contributed by atoms with van der Waals surface area (Å²) in [5.41, 5.74) is 0. The summed E-state index contributed by atoms with van der Waals surface area (Å²) in [4.78, 5) is 14.9. The summed E-state index contributed by atoms with van der Waals surface area (Å²) in [7, 11) is 0. The smallest absolute Gasteiger partial charge is 0.307 e. The largest absolute Gasteiger partial charge is 0.438 e. The molecule has 1 aromatic heterocycles. The second-order valence-electron chi connectivity index (χ2n) is 2.80. The molecule has 1 atom stereocenters. The molecule has 0 aliphatic carbocycles. The number of carbonyl (C=O) groups is 1. The molecular weight excluding hydrogens is 175 g/mol. The van der Waals surface area contributed by atoms with E-state index in [1.165, 1.54) is 6.20 Å². The number of hydrogen-bond donors (Lipinski definition) is 1. The van der Waals surface area contributed by atoms with E-state index >= 15 is 0 Å². The molecule has 0 saturated carbocycles. The second-order valence-corrected chi connectivity index (χ2v) is 2.80. The van der Waals surface area contributed by atoms with Gasteiger partial charge in [0.2, 0.25) is 0 Å². The van der Waals surface area contributed by atoms with Gasteiger partial charge in [0.15, 0.2) is 0 Å². The zero-order chi connectivity index (χ0) is 9.84. The highest BCUT2D eigenvalue weighted by Crippen LogP contribution is 2.01. The van der Waals surface area contributed by atoms with Gasteiger partial charge in [-0.2, -0.15) is 0 Å². The van der Waals surface area contributed by atoms with Crippen LogP contribution < -0.4 is 5.32 Å². The Morgan fingerprint density at radius 1 is 1.85 bits per heavy atom. The van der Waals surface area contributed by atoms with Gasteiger partial charge in [0, 0.05) is 0 Å². The molecule has 4 nitrogen and oxygen atoms in total. The third-order valence-corrected chi connectivity index (χ3v) is 1.42. The molecule has 0 saturated heterocycles. The van der Waals surface area contributed by atoms with E-state index in [0.717, 1.165) is 0 Å². The molecule has 0 aromatic carbocycles. The first kappa shape index (κ1) is 9.70. The fraction of sp³-hybridized carbons (Fsp3) is 0.500. The average Bonchev–Trinajstić information content (AvgIpc) is 2.51. The van der Waals surface area contributed by atoms with Crippen LogP contribution in [0.5, 0.6) is 0 Å². The Morgan fingerprint density at radius 3 is 3.00 bits per heavy atom. The maximum absolute atomic E-state index is 12.0. The lowest BCUT2D eigenvalue weighted by Crippen LogP contribution is -2.34. The first-order chi connectivity index (χ1) is 6.13. The predicted octanol–water partition coefficient (Wildman–Crippen LogP) is 1.07. The highest BCUT2D eigenvalue weighted by atomic mass is 19.1. The maximum atomic E-state index is 12.0. The van der Waals surface area contributed by atoms with Crippen molar-refractivity contribution in [3.63, 3.8) is 0 Å². The molecule has 1 unspecified atom stereocenters. The standard InChI is InChI=1S/C8H11FN2O2/c1-5(3-9)11-7(12)8-10-4-6(2)13-8/h4-5H,3H2,1-2H3,(H,11,12). The average molecular weight is 186 g/mol. The van der Waals surface area contributed by atoms with E-state index < -0.39 is 18.6 Å². The molecule has 1 rings (SSSR count). The van der Waals surface area contributed by atoms with Crippen molar-refractivity contribution in [3.8, 4) is 0 Å². The van der Waals surface area contributed by atoms with Crippen molar-refractivity contribution in [1.29, 1.82) is 0 Å². The van der Waals surface area contributed by atoms with Gasteiger partial charge in [-0.15, -0.1) is 0 Å². The molecule has 1 heterocycles. The highest BCUT2D eigenvalue weighted by Gasteiger charge is 2.13. The Bertz CT molecular complexity index is 298. The summed E-state index contributed by atoms with van der Waals surface area (Å²) in [5, 5.41) is 2.39. The minimum absolute atomic E-state index is 0.0298. The van der Waals surface area contributed by atoms with Crippen LogP contribution in [-0.4, -0.2) is 23.6 Å². The maximum Gasteiger partial charge on any atom is 0.307 e. The summed E-state index contributed by atoms with van der Waals surface area (Å²) in [5.74, 6) is 0.0362. The minimum Gasteiger partial charge on any atom is -0.438 e. The van der Waals surface area contributed by atoms with E-state index in [1.54, 1.807) is 13.8 Å². The Labute approximate surface area is 75.1 Å². The lowest BCUT2D eigenvalue weighted by molar-refractivity contribution is 0.0897. The molecule has 13 heavy (non-hydrogen) atoms. The van der Waals surface area contributed by atoms with Gasteiger partial charge in [-0.25, -0.2) is 9.37 Å². The van der Waals surface area contributed by atoms with Crippen LogP contribution in [0.25, 0.3) is 0 Å². The second kappa shape index (κ2) is 4.02. The molecule has 1 aromatic rings. The fourth-order valence-corrected chi connectivity index (χ4v) is 0.784. The van der Waals surface area contributed by atoms with Crippen molar-refractivity contribution in [2.24, 2.45) is 0 Å². The third-order valence-electron chi connectivity index (χ3n) is 1.42. The number of alkyl halides is 1. The zero-order valence-electron chi connectivity index (χ0n) is 7.50. The molecule has 0 aliphatic rings. The molecule has 0 bridgehead atoms. The molecule has 1 N–H and O–H groups in total. The Kier molecular flexibility index (Phi) is 3.00. The summed E-state index contributed by atoms with van der Waals surface area (Å²) < 4.78 is 16.9. The van der Waals surface area contributed by atoms with Crippen LogP contribution in [0.4, 0.5) is 4.39 Å². The van der Waals surface area contributed by atoms with Crippen LogP contribution in [0.15, 0.2) is 10.6 Å². The Balaban J connectivity index is 2.58. The Hall–Kier alpha value is -1.39. The van der Waals surface area contributed by atoms with Crippen molar-refractivity contribution < 1.29 is 13.6 Å². The van der Waals surface area contributed by atoms with Gasteiger partial charge in [-0.05, 0) is 13.8 Å². The molecule has 0 spiro atoms. The van der Waals surface area contributed by atoms with E-state index in [1.807, 2.05) is 0 Å². The van der Waals surface area contributed by atoms with Crippen LogP contribution >= 0.6 is 0 Å². The number of aromatic nitrogens is 1. The van der Waals surface area contributed by atoms with Gasteiger partial charge in [-0.3, -0.25) is 4.79 Å². The van der Waals surface area contributed by atoms with Crippen LogP contribution in [-0.2, 0) is 0 Å². The number of rotatable bonds is 3. The fourth-order valence-electron chi connectivity index (χ4n) is 0.784. The summed E-state index contributed by atoms with van der Waals surface area (Å²) in [6.45, 7) is 2.64. The highest BCUT2D eigenvalue weighted by molar-refractivity contribution is 5.89. The van der Waals surface area contributed by atoms with Gasteiger partial charge < -0.3 is 9.73 Å². The van der Waals surface area contributed by atoms with E-state index in [0.29, 0.717) is 5.76 Å². The summed E-state index contributed by atoms with van der Waals surface area (Å²) >= 11 is 0. The Morgan fingerprint density at radius 2 is 2.54 bits per heavy atom. The van der Waals surface area contributed by atoms with Crippen LogP contribution in [0.3, 0.4) is 0 Å². The van der Waals surface area contributed by atoms with Crippen molar-refractivity contribution in [1.82, 2.24) is 10.3 Å². The van der Waals surface area contributed by atoms with Crippen molar-refractivity contribution in [3.05, 3.63) is 17.8 Å². The van der Waals surface area contributed by atoms with Crippen molar-refractivity contribution in [2.45, 2.75) is 19.9 Å². The van der Waals surface area contributed by atoms with Crippen LogP contribution in [0.2, 0.25) is 0 Å². The number of carbonyl (C=O) groups excluding carboxylic acids is 1. The zero-order valence-corrected chi connectivity index (χ0v) is 7.50. The van der Waals surface area contributed by atoms with Gasteiger partial charge >= 0.3 is 5.91 Å². The third kappa shape index (κ3) is 2.54. The van der Waals surface area contributed by atoms with Gasteiger partial charge in [0.1, 0.15) is 12.4 Å². The number of nitrogens with zero attached hydrogens (tertiary/aromatic N) is 1. The molecule has 5 heteroatoms. The van der Waals surface area contributed by atoms with Gasteiger partial charge in [-0.1, -0.05) is 0 Å². The van der Waals surface area contributed by atoms with Gasteiger partial charge in [0.05, 0.1) is 12.2 Å². The lowest BCUT2D eigenvalue weighted by atomic mass is 10.4. The number of oxazole rings is 1. The summed E-state index contributed by atoms with van der Waals surface area (Å²) in [6, 6.07) is -0.514. The number of aryl methyl sites for hydroxylation is 1. The van der Waals surface area contributed by atoms with E-state index in [-0.39, 0.29) is 5.89 Å². The predicted molar refractivity (Wildman–Crippen MR) is 44.1 cm³/mol. The first-order valence-corrected chi connectivity index (χ1v) is 3.92. The molecule has 1 amide bonds. The molecule has 0 fully saturated rings. The number of nitrogens with one attached hydrogen (secondary N) is 1. The van der Waals surface area contributed by atoms with E-state index in [2.05, 4.69) is 10.3 Å². The number of amides is 1. The topological polar surface area (TPSA) is 55.1 Å². The monoisotopic (exact) mass is 186 g/mol. The van der Waals surface area contributed by atoms with Crippen LogP contribution in [0.1, 0.15) is 23.4 Å². The van der Waals surface area contributed by atoms with Crippen LogP contribution in [0, 0.1) is 6.92 Å². The molecule has 0 aliphatic heterocycles. The van der Waals surface area contributed by atoms with E-state index in [9.17, 15) is 9.18 Å². The number of hydrogen-bond acceptors (Lipinski definition) is 3. The quantitative estimate of drug-likeness (QED) is 0.768. The van der Waals surface area contributed by atoms with Crippen molar-refractivity contribution in [2.75, 3.05) is 6.67 Å². The SMILES string of the molecule is Cc1cnc(C(=O)NC(C)CF)o1. The minimum atomic E-state index is -0.606. The summed E-state index contributed by atoms with van der Waals surface area (Å²) in [6.07, 6.45) is 1.44. The van der Waals surface area contributed by atoms with Crippen molar-refractivity contribution >= 4 is 5.91 Å². The number of halogens is 1. The normalized spacial score (nSPS) is 12.5.